The van der Waals surface area contributed by atoms with Gasteiger partial charge in [0.2, 0.25) is 15.9 Å². The number of rotatable bonds is 5. The molecule has 0 aromatic heterocycles. The Morgan fingerprint density at radius 1 is 0.970 bits per heavy atom. The number of carbonyl (C=O) groups excluding carboxylic acids is 1. The van der Waals surface area contributed by atoms with E-state index >= 15 is 0 Å². The molecule has 33 heavy (non-hydrogen) atoms. The fourth-order valence-corrected chi connectivity index (χ4v) is 6.55. The van der Waals surface area contributed by atoms with E-state index in [1.165, 1.54) is 5.56 Å². The van der Waals surface area contributed by atoms with Crippen molar-refractivity contribution >= 4 is 33.2 Å². The Morgan fingerprint density at radius 2 is 1.67 bits per heavy atom. The average molecular weight is 490 g/mol. The van der Waals surface area contributed by atoms with Crippen molar-refractivity contribution in [2.24, 2.45) is 5.92 Å². The summed E-state index contributed by atoms with van der Waals surface area (Å²) in [6.07, 6.45) is 1.17. The molecule has 0 bridgehead atoms. The Balaban J connectivity index is 1.29. The molecular weight excluding hydrogens is 458 g/mol. The quantitative estimate of drug-likeness (QED) is 0.640. The van der Waals surface area contributed by atoms with Crippen LogP contribution in [0.15, 0.2) is 42.5 Å². The molecule has 6 nitrogen and oxygen atoms in total. The van der Waals surface area contributed by atoms with Crippen molar-refractivity contribution in [2.45, 2.75) is 32.4 Å². The van der Waals surface area contributed by atoms with Gasteiger partial charge in [-0.05, 0) is 49.9 Å². The zero-order valence-corrected chi connectivity index (χ0v) is 20.9. The second kappa shape index (κ2) is 10.0. The van der Waals surface area contributed by atoms with Crippen LogP contribution in [0.4, 0.5) is 5.69 Å². The van der Waals surface area contributed by atoms with Crippen LogP contribution in [0.25, 0.3) is 0 Å². The van der Waals surface area contributed by atoms with Crippen molar-refractivity contribution in [1.82, 2.24) is 9.21 Å². The van der Waals surface area contributed by atoms with Crippen LogP contribution in [0, 0.1) is 19.8 Å². The van der Waals surface area contributed by atoms with E-state index in [9.17, 15) is 13.2 Å². The Kier molecular flexibility index (Phi) is 7.31. The summed E-state index contributed by atoms with van der Waals surface area (Å²) < 4.78 is 27.3. The van der Waals surface area contributed by atoms with Gasteiger partial charge in [0.1, 0.15) is 0 Å². The smallest absolute Gasteiger partial charge is 0.225 e. The number of benzene rings is 2. The number of amides is 1. The van der Waals surface area contributed by atoms with Gasteiger partial charge in [0, 0.05) is 55.9 Å². The number of halogens is 1. The Morgan fingerprint density at radius 3 is 2.33 bits per heavy atom. The first-order valence-electron chi connectivity index (χ1n) is 11.6. The largest absolute Gasteiger partial charge is 0.368 e. The summed E-state index contributed by atoms with van der Waals surface area (Å²) in [7, 11) is -3.38. The molecule has 4 rings (SSSR count). The van der Waals surface area contributed by atoms with Crippen LogP contribution in [0.3, 0.4) is 0 Å². The van der Waals surface area contributed by atoms with Crippen molar-refractivity contribution < 1.29 is 13.2 Å². The maximum absolute atomic E-state index is 13.1. The zero-order valence-electron chi connectivity index (χ0n) is 19.3. The minimum absolute atomic E-state index is 0.0121. The third-order valence-corrected chi connectivity index (χ3v) is 8.82. The number of piperazine rings is 1. The van der Waals surface area contributed by atoms with Crippen molar-refractivity contribution in [3.8, 4) is 0 Å². The van der Waals surface area contributed by atoms with E-state index in [0.29, 0.717) is 39.0 Å². The number of hydrogen-bond donors (Lipinski definition) is 0. The minimum atomic E-state index is -3.38. The molecule has 2 saturated heterocycles. The van der Waals surface area contributed by atoms with Crippen LogP contribution in [0.2, 0.25) is 5.02 Å². The molecule has 0 aliphatic carbocycles. The van der Waals surface area contributed by atoms with Crippen LogP contribution in [-0.2, 0) is 20.6 Å². The highest BCUT2D eigenvalue weighted by atomic mass is 35.5. The molecule has 0 N–H and O–H groups in total. The number of aryl methyl sites for hydroxylation is 2. The van der Waals surface area contributed by atoms with Crippen LogP contribution in [0.5, 0.6) is 0 Å². The van der Waals surface area contributed by atoms with Gasteiger partial charge in [0.25, 0.3) is 0 Å². The van der Waals surface area contributed by atoms with E-state index in [-0.39, 0.29) is 17.6 Å². The molecule has 1 amide bonds. The van der Waals surface area contributed by atoms with Crippen LogP contribution in [-0.4, -0.2) is 62.8 Å². The summed E-state index contributed by atoms with van der Waals surface area (Å²) >= 11 is 6.17. The summed E-state index contributed by atoms with van der Waals surface area (Å²) in [5, 5.41) is 0.721. The Hall–Kier alpha value is -2.09. The van der Waals surface area contributed by atoms with E-state index < -0.39 is 10.0 Å². The van der Waals surface area contributed by atoms with Gasteiger partial charge in [0.05, 0.1) is 5.75 Å². The summed E-state index contributed by atoms with van der Waals surface area (Å²) in [6.45, 7) is 7.76. The van der Waals surface area contributed by atoms with Gasteiger partial charge >= 0.3 is 0 Å². The SMILES string of the molecule is Cc1cccc(CS(=O)(=O)N2CCC(C(=O)N3CCN(c4cc(Cl)ccc4C)CC3)CC2)c1. The highest BCUT2D eigenvalue weighted by molar-refractivity contribution is 7.88. The first-order chi connectivity index (χ1) is 15.7. The number of sulfonamides is 1. The van der Waals surface area contributed by atoms with Crippen molar-refractivity contribution in [2.75, 3.05) is 44.2 Å². The number of hydrogen-bond acceptors (Lipinski definition) is 4. The fraction of sp³-hybridized carbons (Fsp3) is 0.480. The molecule has 2 aliphatic heterocycles. The fourth-order valence-electron chi connectivity index (χ4n) is 4.83. The lowest BCUT2D eigenvalue weighted by Crippen LogP contribution is -2.52. The maximum atomic E-state index is 13.1. The monoisotopic (exact) mass is 489 g/mol. The molecule has 0 radical (unpaired) electrons. The molecular formula is C25H32ClN3O3S. The van der Waals surface area contributed by atoms with Crippen LogP contribution < -0.4 is 4.90 Å². The van der Waals surface area contributed by atoms with E-state index in [1.54, 1.807) is 4.31 Å². The summed E-state index contributed by atoms with van der Waals surface area (Å²) in [6, 6.07) is 13.5. The molecule has 0 spiro atoms. The minimum Gasteiger partial charge on any atom is -0.368 e. The van der Waals surface area contributed by atoms with Gasteiger partial charge in [-0.15, -0.1) is 0 Å². The Bertz CT molecular complexity index is 1110. The van der Waals surface area contributed by atoms with Gasteiger partial charge in [0.15, 0.2) is 0 Å². The van der Waals surface area contributed by atoms with Gasteiger partial charge in [-0.2, -0.15) is 0 Å². The first-order valence-corrected chi connectivity index (χ1v) is 13.5. The number of anilines is 1. The van der Waals surface area contributed by atoms with E-state index in [1.807, 2.05) is 54.3 Å². The second-order valence-electron chi connectivity index (χ2n) is 9.16. The molecule has 2 aromatic rings. The van der Waals surface area contributed by atoms with E-state index in [4.69, 9.17) is 11.6 Å². The lowest BCUT2D eigenvalue weighted by molar-refractivity contribution is -0.137. The lowest BCUT2D eigenvalue weighted by Gasteiger charge is -2.39. The zero-order chi connectivity index (χ0) is 23.6. The van der Waals surface area contributed by atoms with Crippen LogP contribution in [0.1, 0.15) is 29.5 Å². The predicted octanol–water partition coefficient (Wildman–Crippen LogP) is 3.85. The normalized spacial score (nSPS) is 18.5. The molecule has 0 saturated carbocycles. The standard InChI is InChI=1S/C25H32ClN3O3S/c1-19-4-3-5-21(16-19)18-33(31,32)29-10-8-22(9-11-29)25(30)28-14-12-27(13-15-28)24-17-23(26)7-6-20(24)2/h3-7,16-17,22H,8-15,18H2,1-2H3. The molecule has 2 aliphatic rings. The predicted molar refractivity (Wildman–Crippen MR) is 133 cm³/mol. The second-order valence-corrected chi connectivity index (χ2v) is 11.6. The number of piperidine rings is 1. The summed E-state index contributed by atoms with van der Waals surface area (Å²) in [5.74, 6) is 0.0705. The molecule has 8 heteroatoms. The molecule has 0 atom stereocenters. The molecule has 2 aromatic carbocycles. The van der Waals surface area contributed by atoms with Gasteiger partial charge in [-0.1, -0.05) is 47.5 Å². The molecule has 178 valence electrons. The summed E-state index contributed by atoms with van der Waals surface area (Å²) in [4.78, 5) is 17.3. The average Bonchev–Trinajstić information content (AvgIpc) is 2.80. The third-order valence-electron chi connectivity index (χ3n) is 6.73. The van der Waals surface area contributed by atoms with Gasteiger partial charge in [-0.25, -0.2) is 12.7 Å². The lowest BCUT2D eigenvalue weighted by atomic mass is 9.96. The van der Waals surface area contributed by atoms with Crippen molar-refractivity contribution in [3.63, 3.8) is 0 Å². The number of carbonyl (C=O) groups is 1. The van der Waals surface area contributed by atoms with Gasteiger partial charge in [-0.3, -0.25) is 4.79 Å². The van der Waals surface area contributed by atoms with Gasteiger partial charge < -0.3 is 9.80 Å². The number of nitrogens with zero attached hydrogens (tertiary/aromatic N) is 3. The van der Waals surface area contributed by atoms with Crippen molar-refractivity contribution in [1.29, 1.82) is 0 Å². The first kappa shape index (κ1) is 24.0. The van der Waals surface area contributed by atoms with Crippen molar-refractivity contribution in [3.05, 3.63) is 64.2 Å². The maximum Gasteiger partial charge on any atom is 0.225 e. The highest BCUT2D eigenvalue weighted by Gasteiger charge is 2.34. The molecule has 2 heterocycles. The topological polar surface area (TPSA) is 60.9 Å². The summed E-state index contributed by atoms with van der Waals surface area (Å²) in [5.41, 5.74) is 4.17. The van der Waals surface area contributed by atoms with Crippen LogP contribution >= 0.6 is 11.6 Å². The Labute approximate surface area is 202 Å². The molecule has 0 unspecified atom stereocenters. The third kappa shape index (κ3) is 5.70. The van der Waals surface area contributed by atoms with E-state index in [2.05, 4.69) is 11.8 Å². The van der Waals surface area contributed by atoms with E-state index in [0.717, 1.165) is 34.9 Å². The molecule has 2 fully saturated rings. The highest BCUT2D eigenvalue weighted by Crippen LogP contribution is 2.27.